The van der Waals surface area contributed by atoms with Crippen molar-refractivity contribution in [2.75, 3.05) is 20.2 Å². The van der Waals surface area contributed by atoms with Crippen molar-refractivity contribution in [2.24, 2.45) is 0 Å². The molecule has 100 valence electrons. The van der Waals surface area contributed by atoms with E-state index in [1.54, 1.807) is 7.11 Å². The van der Waals surface area contributed by atoms with Crippen LogP contribution in [-0.2, 0) is 0 Å². The number of aromatic nitrogens is 2. The molecule has 1 N–H and O–H groups in total. The molecule has 19 heavy (non-hydrogen) atoms. The number of methoxy groups -OCH3 is 1. The summed E-state index contributed by atoms with van der Waals surface area (Å²) in [6.07, 6.45) is 4.84. The number of hydrogen-bond acceptors (Lipinski definition) is 4. The zero-order chi connectivity index (χ0) is 13.2. The average Bonchev–Trinajstić information content (AvgIpc) is 2.86. The molecular formula is C14H17N3O2. The Hall–Kier alpha value is -1.88. The predicted molar refractivity (Wildman–Crippen MR) is 72.0 cm³/mol. The first-order chi connectivity index (χ1) is 9.33. The highest BCUT2D eigenvalue weighted by Gasteiger charge is 2.22. The summed E-state index contributed by atoms with van der Waals surface area (Å²) in [6.45, 7) is 2.00. The van der Waals surface area contributed by atoms with Crippen molar-refractivity contribution in [3.63, 3.8) is 0 Å². The van der Waals surface area contributed by atoms with Crippen molar-refractivity contribution in [1.29, 1.82) is 0 Å². The van der Waals surface area contributed by atoms with Crippen molar-refractivity contribution in [3.8, 4) is 5.75 Å². The second kappa shape index (κ2) is 5.01. The lowest BCUT2D eigenvalue weighted by molar-refractivity contribution is 0.112. The molecule has 0 spiro atoms. The van der Waals surface area contributed by atoms with Gasteiger partial charge in [0.2, 0.25) is 0 Å². The van der Waals surface area contributed by atoms with E-state index in [0.717, 1.165) is 49.3 Å². The van der Waals surface area contributed by atoms with Crippen molar-refractivity contribution in [1.82, 2.24) is 14.7 Å². The SMILES string of the molecule is COc1ccc2c(C=O)nc(C3CCNCC3)n2c1. The van der Waals surface area contributed by atoms with Gasteiger partial charge in [-0.15, -0.1) is 0 Å². The molecule has 0 saturated carbocycles. The molecule has 1 aliphatic rings. The minimum absolute atomic E-state index is 0.398. The molecule has 1 saturated heterocycles. The Bertz CT molecular complexity index is 600. The first-order valence-corrected chi connectivity index (χ1v) is 6.55. The monoisotopic (exact) mass is 259 g/mol. The average molecular weight is 259 g/mol. The molecular weight excluding hydrogens is 242 g/mol. The molecule has 0 aliphatic carbocycles. The van der Waals surface area contributed by atoms with Gasteiger partial charge in [0, 0.05) is 5.92 Å². The number of carbonyl (C=O) groups excluding carboxylic acids is 1. The van der Waals surface area contributed by atoms with Crippen LogP contribution in [0.1, 0.15) is 35.1 Å². The minimum Gasteiger partial charge on any atom is -0.495 e. The molecule has 2 aromatic rings. The van der Waals surface area contributed by atoms with E-state index < -0.39 is 0 Å². The molecule has 0 bridgehead atoms. The van der Waals surface area contributed by atoms with Gasteiger partial charge in [-0.1, -0.05) is 0 Å². The lowest BCUT2D eigenvalue weighted by atomic mass is 9.97. The molecule has 0 aromatic carbocycles. The van der Waals surface area contributed by atoms with Crippen LogP contribution in [-0.4, -0.2) is 35.9 Å². The van der Waals surface area contributed by atoms with Gasteiger partial charge in [-0.2, -0.15) is 0 Å². The number of hydrogen-bond donors (Lipinski definition) is 1. The number of nitrogens with zero attached hydrogens (tertiary/aromatic N) is 2. The lowest BCUT2D eigenvalue weighted by Crippen LogP contribution is -2.27. The molecule has 1 fully saturated rings. The van der Waals surface area contributed by atoms with Gasteiger partial charge >= 0.3 is 0 Å². The van der Waals surface area contributed by atoms with Gasteiger partial charge < -0.3 is 10.1 Å². The lowest BCUT2D eigenvalue weighted by Gasteiger charge is -2.21. The van der Waals surface area contributed by atoms with E-state index in [4.69, 9.17) is 4.74 Å². The summed E-state index contributed by atoms with van der Waals surface area (Å²) >= 11 is 0. The molecule has 0 unspecified atom stereocenters. The second-order valence-electron chi connectivity index (χ2n) is 4.82. The fourth-order valence-electron chi connectivity index (χ4n) is 2.69. The van der Waals surface area contributed by atoms with Crippen LogP contribution in [0.4, 0.5) is 0 Å². The van der Waals surface area contributed by atoms with Crippen LogP contribution in [0.15, 0.2) is 18.3 Å². The van der Waals surface area contributed by atoms with Crippen molar-refractivity contribution in [3.05, 3.63) is 29.8 Å². The third kappa shape index (κ3) is 2.10. The number of fused-ring (bicyclic) bond motifs is 1. The minimum atomic E-state index is 0.398. The Morgan fingerprint density at radius 1 is 1.42 bits per heavy atom. The number of aldehydes is 1. The van der Waals surface area contributed by atoms with E-state index in [2.05, 4.69) is 10.3 Å². The van der Waals surface area contributed by atoms with Crippen LogP contribution < -0.4 is 10.1 Å². The summed E-state index contributed by atoms with van der Waals surface area (Å²) in [5.74, 6) is 2.14. The number of piperidine rings is 1. The summed E-state index contributed by atoms with van der Waals surface area (Å²) in [5, 5.41) is 3.34. The van der Waals surface area contributed by atoms with Gasteiger partial charge in [0.1, 0.15) is 17.3 Å². The van der Waals surface area contributed by atoms with Gasteiger partial charge in [-0.25, -0.2) is 4.98 Å². The maximum absolute atomic E-state index is 11.2. The summed E-state index contributed by atoms with van der Waals surface area (Å²) in [5.41, 5.74) is 1.36. The zero-order valence-corrected chi connectivity index (χ0v) is 10.9. The number of ether oxygens (including phenoxy) is 1. The van der Waals surface area contributed by atoms with E-state index in [-0.39, 0.29) is 0 Å². The van der Waals surface area contributed by atoms with E-state index >= 15 is 0 Å². The van der Waals surface area contributed by atoms with E-state index in [0.29, 0.717) is 11.6 Å². The number of pyridine rings is 1. The molecule has 0 radical (unpaired) electrons. The highest BCUT2D eigenvalue weighted by Crippen LogP contribution is 2.27. The van der Waals surface area contributed by atoms with Crippen LogP contribution >= 0.6 is 0 Å². The third-order valence-corrected chi connectivity index (χ3v) is 3.72. The van der Waals surface area contributed by atoms with E-state index in [1.165, 1.54) is 0 Å². The van der Waals surface area contributed by atoms with Crippen LogP contribution in [0.5, 0.6) is 5.75 Å². The van der Waals surface area contributed by atoms with E-state index in [9.17, 15) is 4.79 Å². The topological polar surface area (TPSA) is 55.6 Å². The Morgan fingerprint density at radius 2 is 2.21 bits per heavy atom. The maximum Gasteiger partial charge on any atom is 0.170 e. The van der Waals surface area contributed by atoms with Gasteiger partial charge in [-0.3, -0.25) is 9.20 Å². The summed E-state index contributed by atoms with van der Waals surface area (Å²) in [7, 11) is 1.64. The van der Waals surface area contributed by atoms with Crippen LogP contribution in [0.3, 0.4) is 0 Å². The molecule has 5 heteroatoms. The van der Waals surface area contributed by atoms with Gasteiger partial charge in [0.15, 0.2) is 6.29 Å². The maximum atomic E-state index is 11.2. The van der Waals surface area contributed by atoms with Crippen LogP contribution in [0.25, 0.3) is 5.52 Å². The van der Waals surface area contributed by atoms with Gasteiger partial charge in [0.05, 0.1) is 18.8 Å². The van der Waals surface area contributed by atoms with Crippen molar-refractivity contribution in [2.45, 2.75) is 18.8 Å². The fourth-order valence-corrected chi connectivity index (χ4v) is 2.69. The number of carbonyl (C=O) groups is 1. The summed E-state index contributed by atoms with van der Waals surface area (Å²) < 4.78 is 7.26. The Morgan fingerprint density at radius 3 is 2.89 bits per heavy atom. The Labute approximate surface area is 111 Å². The third-order valence-electron chi connectivity index (χ3n) is 3.72. The highest BCUT2D eigenvalue weighted by atomic mass is 16.5. The second-order valence-corrected chi connectivity index (χ2v) is 4.82. The first kappa shape index (κ1) is 12.2. The molecule has 0 amide bonds. The smallest absolute Gasteiger partial charge is 0.170 e. The zero-order valence-electron chi connectivity index (χ0n) is 10.9. The number of imidazole rings is 1. The number of nitrogens with one attached hydrogen (secondary N) is 1. The predicted octanol–water partition coefficient (Wildman–Crippen LogP) is 1.62. The highest BCUT2D eigenvalue weighted by molar-refractivity contribution is 5.84. The first-order valence-electron chi connectivity index (χ1n) is 6.55. The Kier molecular flexibility index (Phi) is 3.21. The van der Waals surface area contributed by atoms with Crippen LogP contribution in [0.2, 0.25) is 0 Å². The summed E-state index contributed by atoms with van der Waals surface area (Å²) in [4.78, 5) is 15.7. The molecule has 0 atom stereocenters. The standard InChI is InChI=1S/C14H17N3O2/c1-19-11-2-3-13-12(9-18)16-14(17(13)8-11)10-4-6-15-7-5-10/h2-3,8-10,15H,4-7H2,1H3. The molecule has 2 aromatic heterocycles. The molecule has 5 nitrogen and oxygen atoms in total. The molecule has 3 heterocycles. The normalized spacial score (nSPS) is 16.7. The molecule has 1 aliphatic heterocycles. The van der Waals surface area contributed by atoms with Gasteiger partial charge in [-0.05, 0) is 38.1 Å². The van der Waals surface area contributed by atoms with Crippen molar-refractivity contribution < 1.29 is 9.53 Å². The van der Waals surface area contributed by atoms with Crippen LogP contribution in [0, 0.1) is 0 Å². The van der Waals surface area contributed by atoms with E-state index in [1.807, 2.05) is 22.7 Å². The quantitative estimate of drug-likeness (QED) is 0.851. The fraction of sp³-hybridized carbons (Fsp3) is 0.429. The largest absolute Gasteiger partial charge is 0.495 e. The Balaban J connectivity index is 2.13. The molecule has 3 rings (SSSR count). The van der Waals surface area contributed by atoms with Gasteiger partial charge in [0.25, 0.3) is 0 Å². The van der Waals surface area contributed by atoms with Crippen molar-refractivity contribution >= 4 is 11.8 Å². The summed E-state index contributed by atoms with van der Waals surface area (Å²) in [6, 6.07) is 3.75. The number of rotatable bonds is 3.